The van der Waals surface area contributed by atoms with Crippen molar-refractivity contribution in [1.82, 2.24) is 9.91 Å². The highest BCUT2D eigenvalue weighted by Gasteiger charge is 2.40. The van der Waals surface area contributed by atoms with Gasteiger partial charge in [-0.2, -0.15) is 5.10 Å². The molecule has 0 radical (unpaired) electrons. The lowest BCUT2D eigenvalue weighted by Gasteiger charge is -2.37. The van der Waals surface area contributed by atoms with Crippen molar-refractivity contribution < 1.29 is 19.1 Å². The number of hydrogen-bond acceptors (Lipinski definition) is 5. The molecule has 27 heavy (non-hydrogen) atoms. The van der Waals surface area contributed by atoms with E-state index < -0.39 is 5.79 Å². The monoisotopic (exact) mass is 371 g/mol. The zero-order valence-electron chi connectivity index (χ0n) is 15.4. The molecule has 3 aliphatic rings. The number of hydrogen-bond donors (Lipinski definition) is 0. The molecule has 144 valence electrons. The average Bonchev–Trinajstić information content (AvgIpc) is 3.16. The molecule has 0 aliphatic carbocycles. The quantitative estimate of drug-likeness (QED) is 0.809. The number of benzene rings is 1. The normalized spacial score (nSPS) is 22.2. The lowest BCUT2D eigenvalue weighted by Crippen LogP contribution is -2.48. The van der Waals surface area contributed by atoms with Gasteiger partial charge in [-0.15, -0.1) is 0 Å². The minimum absolute atomic E-state index is 0.0205. The fraction of sp³-hybridized carbons (Fsp3) is 0.550. The fourth-order valence-corrected chi connectivity index (χ4v) is 3.86. The van der Waals surface area contributed by atoms with Crippen molar-refractivity contribution in [1.29, 1.82) is 0 Å². The maximum Gasteiger partial charge on any atom is 0.243 e. The van der Waals surface area contributed by atoms with Gasteiger partial charge >= 0.3 is 0 Å². The van der Waals surface area contributed by atoms with Crippen LogP contribution in [0.15, 0.2) is 35.4 Å². The molecule has 7 heteroatoms. The zero-order valence-corrected chi connectivity index (χ0v) is 15.4. The molecule has 4 rings (SSSR count). The number of carbonyl (C=O) groups excluding carboxylic acids is 2. The van der Waals surface area contributed by atoms with Crippen LogP contribution in [0.4, 0.5) is 0 Å². The third-order valence-corrected chi connectivity index (χ3v) is 5.44. The van der Waals surface area contributed by atoms with Crippen LogP contribution in [0.1, 0.15) is 37.7 Å². The molecule has 1 spiro atoms. The van der Waals surface area contributed by atoms with Gasteiger partial charge in [0.25, 0.3) is 0 Å². The lowest BCUT2D eigenvalue weighted by molar-refractivity contribution is -0.187. The smallest absolute Gasteiger partial charge is 0.243 e. The number of rotatable bonds is 4. The fourth-order valence-electron chi connectivity index (χ4n) is 3.86. The third kappa shape index (κ3) is 4.04. The summed E-state index contributed by atoms with van der Waals surface area (Å²) in [5.41, 5.74) is 1.93. The molecule has 0 bridgehead atoms. The summed E-state index contributed by atoms with van der Waals surface area (Å²) in [4.78, 5) is 26.6. The van der Waals surface area contributed by atoms with E-state index in [0.29, 0.717) is 58.5 Å². The first-order valence-electron chi connectivity index (χ1n) is 9.64. The van der Waals surface area contributed by atoms with Crippen LogP contribution in [0.3, 0.4) is 0 Å². The molecule has 2 saturated heterocycles. The summed E-state index contributed by atoms with van der Waals surface area (Å²) in [6, 6.07) is 9.87. The van der Waals surface area contributed by atoms with Crippen molar-refractivity contribution in [3.8, 4) is 0 Å². The van der Waals surface area contributed by atoms with Crippen LogP contribution >= 0.6 is 0 Å². The van der Waals surface area contributed by atoms with Crippen LogP contribution in [0.25, 0.3) is 0 Å². The van der Waals surface area contributed by atoms with E-state index in [1.807, 2.05) is 35.2 Å². The second kappa shape index (κ2) is 7.78. The van der Waals surface area contributed by atoms with Gasteiger partial charge in [0.1, 0.15) is 0 Å². The first-order chi connectivity index (χ1) is 13.2. The molecule has 0 N–H and O–H groups in total. The van der Waals surface area contributed by atoms with Crippen molar-refractivity contribution in [2.45, 2.75) is 37.9 Å². The molecule has 7 nitrogen and oxygen atoms in total. The highest BCUT2D eigenvalue weighted by Crippen LogP contribution is 2.31. The summed E-state index contributed by atoms with van der Waals surface area (Å²) in [5.74, 6) is -0.445. The highest BCUT2D eigenvalue weighted by molar-refractivity contribution is 6.04. The van der Waals surface area contributed by atoms with Gasteiger partial charge in [0.05, 0.1) is 25.5 Å². The highest BCUT2D eigenvalue weighted by atomic mass is 16.7. The Labute approximate surface area is 158 Å². The van der Waals surface area contributed by atoms with Gasteiger partial charge in [-0.3, -0.25) is 9.59 Å². The second-order valence-electron chi connectivity index (χ2n) is 7.17. The van der Waals surface area contributed by atoms with Gasteiger partial charge < -0.3 is 14.4 Å². The van der Waals surface area contributed by atoms with Crippen molar-refractivity contribution >= 4 is 17.5 Å². The van der Waals surface area contributed by atoms with Crippen LogP contribution in [-0.2, 0) is 19.1 Å². The predicted octanol–water partition coefficient (Wildman–Crippen LogP) is 1.77. The van der Waals surface area contributed by atoms with Gasteiger partial charge in [-0.1, -0.05) is 30.3 Å². The summed E-state index contributed by atoms with van der Waals surface area (Å²) in [6.45, 7) is 2.85. The van der Waals surface area contributed by atoms with Crippen molar-refractivity contribution in [2.24, 2.45) is 5.10 Å². The minimum atomic E-state index is -0.478. The number of carbonyl (C=O) groups is 2. The van der Waals surface area contributed by atoms with Gasteiger partial charge in [0.2, 0.25) is 11.8 Å². The van der Waals surface area contributed by atoms with Gasteiger partial charge in [0, 0.05) is 45.2 Å². The molecule has 1 aromatic carbocycles. The summed E-state index contributed by atoms with van der Waals surface area (Å²) >= 11 is 0. The van der Waals surface area contributed by atoms with Crippen LogP contribution in [0, 0.1) is 0 Å². The van der Waals surface area contributed by atoms with E-state index in [9.17, 15) is 9.59 Å². The first kappa shape index (κ1) is 18.1. The summed E-state index contributed by atoms with van der Waals surface area (Å²) in [7, 11) is 0. The molecule has 3 heterocycles. The Morgan fingerprint density at radius 1 is 1.07 bits per heavy atom. The summed E-state index contributed by atoms with van der Waals surface area (Å²) < 4.78 is 11.4. The van der Waals surface area contributed by atoms with Gasteiger partial charge in [0.15, 0.2) is 5.79 Å². The number of amides is 2. The second-order valence-corrected chi connectivity index (χ2v) is 7.17. The Morgan fingerprint density at radius 3 is 2.48 bits per heavy atom. The number of ether oxygens (including phenoxy) is 2. The summed E-state index contributed by atoms with van der Waals surface area (Å²) in [5, 5.41) is 5.95. The molecule has 0 saturated carbocycles. The van der Waals surface area contributed by atoms with Crippen LogP contribution in [0.5, 0.6) is 0 Å². The van der Waals surface area contributed by atoms with E-state index in [-0.39, 0.29) is 18.2 Å². The van der Waals surface area contributed by atoms with Crippen LogP contribution in [-0.4, -0.2) is 66.1 Å². The number of likely N-dealkylation sites (tertiary alicyclic amines) is 1. The summed E-state index contributed by atoms with van der Waals surface area (Å²) in [6.07, 6.45) is 2.77. The van der Waals surface area contributed by atoms with Crippen molar-refractivity contribution in [3.63, 3.8) is 0 Å². The third-order valence-electron chi connectivity index (χ3n) is 5.44. The molecule has 1 aromatic rings. The Balaban J connectivity index is 1.32. The Bertz CT molecular complexity index is 718. The SMILES string of the molecule is O=C(CCN1N=C(c2ccccc2)CCC1=O)N1CCC2(CC1)OCCO2. The number of piperidine rings is 1. The van der Waals surface area contributed by atoms with Gasteiger partial charge in [-0.25, -0.2) is 5.01 Å². The predicted molar refractivity (Wildman–Crippen MR) is 99.0 cm³/mol. The van der Waals surface area contributed by atoms with E-state index in [2.05, 4.69) is 5.10 Å². The van der Waals surface area contributed by atoms with E-state index in [0.717, 1.165) is 11.3 Å². The van der Waals surface area contributed by atoms with Crippen LogP contribution < -0.4 is 0 Å². The largest absolute Gasteiger partial charge is 0.347 e. The molecular formula is C20H25N3O4. The molecule has 3 aliphatic heterocycles. The van der Waals surface area contributed by atoms with Crippen molar-refractivity contribution in [2.75, 3.05) is 32.8 Å². The number of nitrogens with zero attached hydrogens (tertiary/aromatic N) is 3. The van der Waals surface area contributed by atoms with Crippen LogP contribution in [0.2, 0.25) is 0 Å². The Hall–Kier alpha value is -2.25. The molecule has 2 fully saturated rings. The Morgan fingerprint density at radius 2 is 1.78 bits per heavy atom. The van der Waals surface area contributed by atoms with E-state index >= 15 is 0 Å². The van der Waals surface area contributed by atoms with E-state index in [4.69, 9.17) is 9.47 Å². The molecule has 0 aromatic heterocycles. The maximum absolute atomic E-state index is 12.6. The molecule has 0 unspecified atom stereocenters. The standard InChI is InChI=1S/C20H25N3O4/c24-18(22-12-9-20(10-13-22)26-14-15-27-20)8-11-23-19(25)7-6-17(21-23)16-4-2-1-3-5-16/h1-5H,6-15H2. The van der Waals surface area contributed by atoms with E-state index in [1.165, 1.54) is 5.01 Å². The average molecular weight is 371 g/mol. The molecular weight excluding hydrogens is 346 g/mol. The minimum Gasteiger partial charge on any atom is -0.347 e. The Kier molecular flexibility index (Phi) is 5.22. The van der Waals surface area contributed by atoms with Crippen molar-refractivity contribution in [3.05, 3.63) is 35.9 Å². The zero-order chi connectivity index (χ0) is 18.7. The topological polar surface area (TPSA) is 71.4 Å². The lowest BCUT2D eigenvalue weighted by atomic mass is 10.0. The maximum atomic E-state index is 12.6. The number of hydrazone groups is 1. The van der Waals surface area contributed by atoms with Gasteiger partial charge in [-0.05, 0) is 5.56 Å². The molecule has 0 atom stereocenters. The molecule has 2 amide bonds. The first-order valence-corrected chi connectivity index (χ1v) is 9.64. The van der Waals surface area contributed by atoms with E-state index in [1.54, 1.807) is 0 Å².